The van der Waals surface area contributed by atoms with Gasteiger partial charge in [0.2, 0.25) is 5.91 Å². The predicted molar refractivity (Wildman–Crippen MR) is 72.8 cm³/mol. The first-order chi connectivity index (χ1) is 9.97. The second-order valence-electron chi connectivity index (χ2n) is 4.84. The van der Waals surface area contributed by atoms with Crippen molar-refractivity contribution in [1.29, 1.82) is 0 Å². The fourth-order valence-corrected chi connectivity index (χ4v) is 2.14. The van der Waals surface area contributed by atoms with E-state index in [1.807, 2.05) is 0 Å². The molecule has 1 fully saturated rings. The van der Waals surface area contributed by atoms with Crippen molar-refractivity contribution < 1.29 is 24.2 Å². The van der Waals surface area contributed by atoms with Crippen molar-refractivity contribution in [3.05, 3.63) is 29.8 Å². The van der Waals surface area contributed by atoms with E-state index in [0.29, 0.717) is 24.3 Å². The fourth-order valence-electron chi connectivity index (χ4n) is 2.14. The van der Waals surface area contributed by atoms with Gasteiger partial charge in [0.25, 0.3) is 5.91 Å². The standard InChI is InChI=1S/C14H16N2O5/c15-13(18)9-1-3-11(4-2-9)21-8-12(17)16-6-5-10(7-16)14(19)20/h1-4,10H,5-8H2,(H2,15,18)(H,19,20). The second-order valence-corrected chi connectivity index (χ2v) is 4.84. The lowest BCUT2D eigenvalue weighted by molar-refractivity contribution is -0.141. The Balaban J connectivity index is 1.84. The molecule has 0 radical (unpaired) electrons. The first kappa shape index (κ1) is 14.8. The van der Waals surface area contributed by atoms with Crippen LogP contribution in [0.1, 0.15) is 16.8 Å². The minimum atomic E-state index is -0.881. The zero-order valence-electron chi connectivity index (χ0n) is 11.3. The van der Waals surface area contributed by atoms with Crippen molar-refractivity contribution in [2.75, 3.05) is 19.7 Å². The van der Waals surface area contributed by atoms with Gasteiger partial charge in [-0.3, -0.25) is 14.4 Å². The minimum Gasteiger partial charge on any atom is -0.484 e. The highest BCUT2D eigenvalue weighted by molar-refractivity contribution is 5.92. The van der Waals surface area contributed by atoms with Gasteiger partial charge in [-0.15, -0.1) is 0 Å². The van der Waals surface area contributed by atoms with Crippen LogP contribution in [-0.4, -0.2) is 47.5 Å². The first-order valence-electron chi connectivity index (χ1n) is 6.50. The Bertz CT molecular complexity index is 555. The number of ether oxygens (including phenoxy) is 1. The highest BCUT2D eigenvalue weighted by Crippen LogP contribution is 2.17. The lowest BCUT2D eigenvalue weighted by Crippen LogP contribution is -2.33. The van der Waals surface area contributed by atoms with Crippen molar-refractivity contribution in [1.82, 2.24) is 4.90 Å². The molecule has 21 heavy (non-hydrogen) atoms. The third-order valence-corrected chi connectivity index (χ3v) is 3.39. The summed E-state index contributed by atoms with van der Waals surface area (Å²) in [5.41, 5.74) is 5.48. The van der Waals surface area contributed by atoms with E-state index < -0.39 is 17.8 Å². The number of benzene rings is 1. The monoisotopic (exact) mass is 292 g/mol. The quantitative estimate of drug-likeness (QED) is 0.799. The SMILES string of the molecule is NC(=O)c1ccc(OCC(=O)N2CCC(C(=O)O)C2)cc1. The molecule has 112 valence electrons. The Morgan fingerprint density at radius 1 is 1.29 bits per heavy atom. The Hall–Kier alpha value is -2.57. The molecule has 1 aromatic rings. The Labute approximate surface area is 121 Å². The molecule has 1 unspecified atom stereocenters. The number of carbonyl (C=O) groups is 3. The summed E-state index contributed by atoms with van der Waals surface area (Å²) in [5.74, 6) is -1.72. The van der Waals surface area contributed by atoms with Gasteiger partial charge in [-0.25, -0.2) is 0 Å². The summed E-state index contributed by atoms with van der Waals surface area (Å²) in [4.78, 5) is 35.1. The van der Waals surface area contributed by atoms with E-state index in [2.05, 4.69) is 0 Å². The van der Waals surface area contributed by atoms with Crippen LogP contribution in [0, 0.1) is 5.92 Å². The first-order valence-corrected chi connectivity index (χ1v) is 6.50. The molecule has 1 saturated heterocycles. The number of rotatable bonds is 5. The van der Waals surface area contributed by atoms with E-state index in [9.17, 15) is 14.4 Å². The van der Waals surface area contributed by atoms with Crippen LogP contribution in [0.2, 0.25) is 0 Å². The number of hydrogen-bond donors (Lipinski definition) is 2. The molecule has 0 spiro atoms. The number of amides is 2. The normalized spacial score (nSPS) is 17.5. The van der Waals surface area contributed by atoms with Crippen molar-refractivity contribution in [2.45, 2.75) is 6.42 Å². The highest BCUT2D eigenvalue weighted by Gasteiger charge is 2.30. The van der Waals surface area contributed by atoms with Crippen LogP contribution in [0.4, 0.5) is 0 Å². The van der Waals surface area contributed by atoms with Crippen LogP contribution in [0.15, 0.2) is 24.3 Å². The lowest BCUT2D eigenvalue weighted by Gasteiger charge is -2.16. The number of primary amides is 1. The summed E-state index contributed by atoms with van der Waals surface area (Å²) in [6.07, 6.45) is 0.467. The molecule has 2 amide bonds. The van der Waals surface area contributed by atoms with Crippen molar-refractivity contribution in [3.63, 3.8) is 0 Å². The number of nitrogens with two attached hydrogens (primary N) is 1. The molecule has 0 aromatic heterocycles. The summed E-state index contributed by atoms with van der Waals surface area (Å²) in [5, 5.41) is 8.88. The van der Waals surface area contributed by atoms with Gasteiger partial charge in [0.05, 0.1) is 5.92 Å². The van der Waals surface area contributed by atoms with Gasteiger partial charge < -0.3 is 20.5 Å². The van der Waals surface area contributed by atoms with E-state index in [1.165, 1.54) is 17.0 Å². The zero-order valence-corrected chi connectivity index (χ0v) is 11.3. The molecule has 7 nitrogen and oxygen atoms in total. The molecule has 1 atom stereocenters. The number of nitrogens with zero attached hydrogens (tertiary/aromatic N) is 1. The van der Waals surface area contributed by atoms with Crippen molar-refractivity contribution >= 4 is 17.8 Å². The molecule has 0 bridgehead atoms. The summed E-state index contributed by atoms with van der Waals surface area (Å²) in [6, 6.07) is 6.13. The molecule has 1 aliphatic heterocycles. The number of likely N-dealkylation sites (tertiary alicyclic amines) is 1. The molecule has 7 heteroatoms. The molecule has 2 rings (SSSR count). The van der Waals surface area contributed by atoms with Crippen molar-refractivity contribution in [3.8, 4) is 5.75 Å². The van der Waals surface area contributed by atoms with Crippen LogP contribution in [0.25, 0.3) is 0 Å². The second kappa shape index (κ2) is 6.25. The van der Waals surface area contributed by atoms with Gasteiger partial charge in [-0.05, 0) is 30.7 Å². The average Bonchev–Trinajstić information content (AvgIpc) is 2.95. The molecule has 0 saturated carbocycles. The topological polar surface area (TPSA) is 110 Å². The molecular formula is C14H16N2O5. The van der Waals surface area contributed by atoms with E-state index in [-0.39, 0.29) is 19.1 Å². The smallest absolute Gasteiger partial charge is 0.308 e. The number of carboxylic acids is 1. The van der Waals surface area contributed by atoms with Gasteiger partial charge in [-0.1, -0.05) is 0 Å². The number of carboxylic acid groups (broad SMARTS) is 1. The third-order valence-electron chi connectivity index (χ3n) is 3.39. The maximum atomic E-state index is 11.9. The maximum Gasteiger partial charge on any atom is 0.308 e. The Morgan fingerprint density at radius 3 is 2.48 bits per heavy atom. The fraction of sp³-hybridized carbons (Fsp3) is 0.357. The molecule has 1 aromatic carbocycles. The molecule has 1 heterocycles. The average molecular weight is 292 g/mol. The third kappa shape index (κ3) is 3.71. The van der Waals surface area contributed by atoms with Crippen LogP contribution in [-0.2, 0) is 9.59 Å². The van der Waals surface area contributed by atoms with Gasteiger partial charge in [-0.2, -0.15) is 0 Å². The Kier molecular flexibility index (Phi) is 4.42. The lowest BCUT2D eigenvalue weighted by atomic mass is 10.1. The van der Waals surface area contributed by atoms with Crippen molar-refractivity contribution in [2.24, 2.45) is 11.7 Å². The summed E-state index contributed by atoms with van der Waals surface area (Å²) >= 11 is 0. The van der Waals surface area contributed by atoms with E-state index >= 15 is 0 Å². The summed E-state index contributed by atoms with van der Waals surface area (Å²) in [7, 11) is 0. The largest absolute Gasteiger partial charge is 0.484 e. The van der Waals surface area contributed by atoms with E-state index in [4.69, 9.17) is 15.6 Å². The zero-order chi connectivity index (χ0) is 15.4. The van der Waals surface area contributed by atoms with Crippen LogP contribution >= 0.6 is 0 Å². The molecule has 3 N–H and O–H groups in total. The van der Waals surface area contributed by atoms with Crippen LogP contribution in [0.3, 0.4) is 0 Å². The van der Waals surface area contributed by atoms with E-state index in [1.54, 1.807) is 12.1 Å². The minimum absolute atomic E-state index is 0.164. The van der Waals surface area contributed by atoms with E-state index in [0.717, 1.165) is 0 Å². The molecular weight excluding hydrogens is 276 g/mol. The van der Waals surface area contributed by atoms with Gasteiger partial charge in [0, 0.05) is 18.7 Å². The van der Waals surface area contributed by atoms with Crippen LogP contribution < -0.4 is 10.5 Å². The maximum absolute atomic E-state index is 11.9. The summed E-state index contributed by atoms with van der Waals surface area (Å²) in [6.45, 7) is 0.486. The molecule has 1 aliphatic rings. The van der Waals surface area contributed by atoms with Crippen LogP contribution in [0.5, 0.6) is 5.75 Å². The Morgan fingerprint density at radius 2 is 1.95 bits per heavy atom. The van der Waals surface area contributed by atoms with Gasteiger partial charge in [0.1, 0.15) is 5.75 Å². The number of aliphatic carboxylic acids is 1. The summed E-state index contributed by atoms with van der Waals surface area (Å²) < 4.78 is 5.32. The number of hydrogen-bond acceptors (Lipinski definition) is 4. The predicted octanol–water partition coefficient (Wildman–Crippen LogP) is 0.0974. The number of carbonyl (C=O) groups excluding carboxylic acids is 2. The highest BCUT2D eigenvalue weighted by atomic mass is 16.5. The molecule has 0 aliphatic carbocycles. The van der Waals surface area contributed by atoms with Gasteiger partial charge >= 0.3 is 5.97 Å². The van der Waals surface area contributed by atoms with Gasteiger partial charge in [0.15, 0.2) is 6.61 Å².